The normalized spacial score (nSPS) is 13.4. The van der Waals surface area contributed by atoms with Crippen LogP contribution in [0.15, 0.2) is 28.2 Å². The number of carbonyl (C=O) groups is 1. The number of nitrogens with one attached hydrogen (secondary N) is 2. The number of methoxy groups -OCH3 is 1. The average Bonchev–Trinajstić information content (AvgIpc) is 3.05. The molecule has 4 rings (SSSR count). The van der Waals surface area contributed by atoms with Crippen LogP contribution in [0.25, 0.3) is 10.2 Å². The van der Waals surface area contributed by atoms with Gasteiger partial charge >= 0.3 is 0 Å². The van der Waals surface area contributed by atoms with Gasteiger partial charge in [0.1, 0.15) is 10.6 Å². The zero-order valence-corrected chi connectivity index (χ0v) is 17.5. The third-order valence-corrected chi connectivity index (χ3v) is 6.87. The van der Waals surface area contributed by atoms with Crippen LogP contribution in [0, 0.1) is 0 Å². The number of thioether (sulfide) groups is 1. The molecule has 1 aliphatic rings. The summed E-state index contributed by atoms with van der Waals surface area (Å²) in [6.07, 6.45) is 4.23. The van der Waals surface area contributed by atoms with Gasteiger partial charge < -0.3 is 15.0 Å². The number of hydrogen-bond acceptors (Lipinski definition) is 6. The molecule has 3 aromatic rings. The van der Waals surface area contributed by atoms with Gasteiger partial charge in [0.15, 0.2) is 5.16 Å². The molecule has 0 radical (unpaired) electrons. The van der Waals surface area contributed by atoms with Gasteiger partial charge in [0.25, 0.3) is 5.56 Å². The third kappa shape index (κ3) is 3.90. The first-order valence-electron chi connectivity index (χ1n) is 8.86. The van der Waals surface area contributed by atoms with Crippen LogP contribution in [0.5, 0.6) is 5.75 Å². The number of carbonyl (C=O) groups excluding carboxylic acids is 1. The summed E-state index contributed by atoms with van der Waals surface area (Å²) in [5.74, 6) is 0.397. The number of H-pyrrole nitrogens is 1. The quantitative estimate of drug-likeness (QED) is 0.462. The number of thiophene rings is 1. The molecule has 0 aliphatic heterocycles. The van der Waals surface area contributed by atoms with E-state index in [0.717, 1.165) is 41.5 Å². The van der Waals surface area contributed by atoms with Crippen LogP contribution in [0.1, 0.15) is 23.3 Å². The lowest BCUT2D eigenvalue weighted by molar-refractivity contribution is -0.113. The van der Waals surface area contributed by atoms with Crippen molar-refractivity contribution in [2.24, 2.45) is 0 Å². The van der Waals surface area contributed by atoms with E-state index in [1.54, 1.807) is 29.5 Å². The van der Waals surface area contributed by atoms with Crippen molar-refractivity contribution in [3.63, 3.8) is 0 Å². The maximum atomic E-state index is 12.6. The summed E-state index contributed by atoms with van der Waals surface area (Å²) in [6.45, 7) is 0. The Balaban J connectivity index is 1.49. The minimum atomic E-state index is -0.237. The zero-order valence-electron chi connectivity index (χ0n) is 15.1. The molecule has 0 spiro atoms. The van der Waals surface area contributed by atoms with E-state index < -0.39 is 0 Å². The Labute approximate surface area is 174 Å². The molecule has 28 heavy (non-hydrogen) atoms. The minimum Gasteiger partial charge on any atom is -0.495 e. The van der Waals surface area contributed by atoms with Crippen LogP contribution < -0.4 is 15.6 Å². The summed E-state index contributed by atoms with van der Waals surface area (Å²) in [4.78, 5) is 34.3. The second-order valence-electron chi connectivity index (χ2n) is 6.44. The van der Waals surface area contributed by atoms with Crippen LogP contribution in [0.2, 0.25) is 5.02 Å². The van der Waals surface area contributed by atoms with Crippen LogP contribution in [-0.4, -0.2) is 28.7 Å². The van der Waals surface area contributed by atoms with Crippen LogP contribution in [0.4, 0.5) is 5.69 Å². The van der Waals surface area contributed by atoms with Crippen molar-refractivity contribution in [3.05, 3.63) is 44.0 Å². The monoisotopic (exact) mass is 435 g/mol. The minimum absolute atomic E-state index is 0.106. The largest absolute Gasteiger partial charge is 0.495 e. The molecule has 9 heteroatoms. The molecule has 0 fully saturated rings. The summed E-state index contributed by atoms with van der Waals surface area (Å²) < 4.78 is 5.23. The molecule has 0 saturated heterocycles. The Morgan fingerprint density at radius 2 is 2.21 bits per heavy atom. The van der Waals surface area contributed by atoms with Crippen LogP contribution >= 0.6 is 34.7 Å². The molecular formula is C19H18ClN3O3S2. The molecule has 0 atom stereocenters. The molecule has 1 aromatic carbocycles. The number of rotatable bonds is 5. The van der Waals surface area contributed by atoms with E-state index in [-0.39, 0.29) is 17.2 Å². The lowest BCUT2D eigenvalue weighted by Gasteiger charge is -2.10. The molecule has 0 bridgehead atoms. The van der Waals surface area contributed by atoms with Gasteiger partial charge in [0.2, 0.25) is 5.91 Å². The van der Waals surface area contributed by atoms with Gasteiger partial charge in [-0.2, -0.15) is 0 Å². The molecule has 1 aliphatic carbocycles. The summed E-state index contributed by atoms with van der Waals surface area (Å²) in [7, 11) is 1.53. The maximum Gasteiger partial charge on any atom is 0.260 e. The predicted octanol–water partition coefficient (Wildman–Crippen LogP) is 4.26. The van der Waals surface area contributed by atoms with E-state index in [1.807, 2.05) is 0 Å². The molecule has 0 saturated carbocycles. The lowest BCUT2D eigenvalue weighted by atomic mass is 9.97. The van der Waals surface area contributed by atoms with Crippen LogP contribution in [-0.2, 0) is 17.6 Å². The van der Waals surface area contributed by atoms with Gasteiger partial charge in [-0.3, -0.25) is 9.59 Å². The summed E-state index contributed by atoms with van der Waals surface area (Å²) in [5.41, 5.74) is 1.54. The number of nitrogens with zero attached hydrogens (tertiary/aromatic N) is 1. The molecule has 2 aromatic heterocycles. The highest BCUT2D eigenvalue weighted by molar-refractivity contribution is 7.99. The van der Waals surface area contributed by atoms with E-state index >= 15 is 0 Å². The molecule has 2 N–H and O–H groups in total. The van der Waals surface area contributed by atoms with Gasteiger partial charge in [-0.25, -0.2) is 4.98 Å². The highest BCUT2D eigenvalue weighted by atomic mass is 35.5. The number of benzene rings is 1. The van der Waals surface area contributed by atoms with Gasteiger partial charge in [0.05, 0.1) is 23.9 Å². The molecule has 1 amide bonds. The molecule has 146 valence electrons. The Bertz CT molecular complexity index is 1110. The molecular weight excluding hydrogens is 418 g/mol. The Morgan fingerprint density at radius 3 is 3.04 bits per heavy atom. The number of hydrogen-bond donors (Lipinski definition) is 2. The van der Waals surface area contributed by atoms with Crippen molar-refractivity contribution in [3.8, 4) is 5.75 Å². The standard InChI is InChI=1S/C19H18ClN3O3S2/c1-26-13-7-6-10(20)8-12(13)21-15(24)9-27-19-22-17(25)16-11-4-2-3-5-14(11)28-18(16)23-19/h6-8H,2-5,9H2,1H3,(H,21,24)(H,22,23,25). The summed E-state index contributed by atoms with van der Waals surface area (Å²) >= 11 is 8.78. The number of anilines is 1. The first kappa shape index (κ1) is 19.3. The van der Waals surface area contributed by atoms with Crippen molar-refractivity contribution in [1.82, 2.24) is 9.97 Å². The number of fused-ring (bicyclic) bond motifs is 3. The molecule has 6 nitrogen and oxygen atoms in total. The first-order valence-corrected chi connectivity index (χ1v) is 11.0. The second kappa shape index (κ2) is 8.14. The van der Waals surface area contributed by atoms with Gasteiger partial charge in [-0.1, -0.05) is 23.4 Å². The van der Waals surface area contributed by atoms with Crippen molar-refractivity contribution in [2.75, 3.05) is 18.2 Å². The molecule has 0 unspecified atom stereocenters. The van der Waals surface area contributed by atoms with E-state index in [1.165, 1.54) is 23.7 Å². The predicted molar refractivity (Wildman–Crippen MR) is 114 cm³/mol. The Kier molecular flexibility index (Phi) is 5.61. The number of aromatic nitrogens is 2. The van der Waals surface area contributed by atoms with Crippen molar-refractivity contribution < 1.29 is 9.53 Å². The number of amides is 1. The smallest absolute Gasteiger partial charge is 0.260 e. The van der Waals surface area contributed by atoms with Crippen molar-refractivity contribution >= 4 is 56.5 Å². The van der Waals surface area contributed by atoms with Gasteiger partial charge in [0, 0.05) is 9.90 Å². The maximum absolute atomic E-state index is 12.6. The first-order chi connectivity index (χ1) is 13.5. The fourth-order valence-corrected chi connectivity index (χ4v) is 5.46. The summed E-state index contributed by atoms with van der Waals surface area (Å²) in [6, 6.07) is 5.01. The van der Waals surface area contributed by atoms with Crippen LogP contribution in [0.3, 0.4) is 0 Å². The van der Waals surface area contributed by atoms with Gasteiger partial charge in [-0.15, -0.1) is 11.3 Å². The Morgan fingerprint density at radius 1 is 1.39 bits per heavy atom. The Hall–Kier alpha value is -2.03. The number of aryl methyl sites for hydroxylation is 2. The van der Waals surface area contributed by atoms with Crippen molar-refractivity contribution in [2.45, 2.75) is 30.8 Å². The average molecular weight is 436 g/mol. The lowest BCUT2D eigenvalue weighted by Crippen LogP contribution is -2.16. The van der Waals surface area contributed by atoms with Crippen molar-refractivity contribution in [1.29, 1.82) is 0 Å². The highest BCUT2D eigenvalue weighted by Crippen LogP contribution is 2.34. The number of halogens is 1. The zero-order chi connectivity index (χ0) is 19.7. The SMILES string of the molecule is COc1ccc(Cl)cc1NC(=O)CSc1nc2sc3c(c2c(=O)[nH]1)CCCC3. The van der Waals surface area contributed by atoms with Gasteiger partial charge in [-0.05, 0) is 49.4 Å². The molecule has 2 heterocycles. The number of aromatic amines is 1. The van der Waals surface area contributed by atoms with E-state index in [9.17, 15) is 9.59 Å². The third-order valence-electron chi connectivity index (χ3n) is 4.58. The number of ether oxygens (including phenoxy) is 1. The fraction of sp³-hybridized carbons (Fsp3) is 0.316. The topological polar surface area (TPSA) is 84.1 Å². The van der Waals surface area contributed by atoms with E-state index in [0.29, 0.717) is 21.6 Å². The van der Waals surface area contributed by atoms with E-state index in [2.05, 4.69) is 15.3 Å². The highest BCUT2D eigenvalue weighted by Gasteiger charge is 2.20. The fourth-order valence-electron chi connectivity index (χ4n) is 3.31. The second-order valence-corrected chi connectivity index (χ2v) is 8.93. The summed E-state index contributed by atoms with van der Waals surface area (Å²) in [5, 5.41) is 4.45. The van der Waals surface area contributed by atoms with E-state index in [4.69, 9.17) is 16.3 Å².